The van der Waals surface area contributed by atoms with E-state index in [1.54, 1.807) is 20.2 Å². The summed E-state index contributed by atoms with van der Waals surface area (Å²) in [6.07, 6.45) is 1.09. The average molecular weight is 311 g/mol. The summed E-state index contributed by atoms with van der Waals surface area (Å²) in [7, 11) is -2.22. The number of aromatic nitrogens is 2. The zero-order valence-corrected chi connectivity index (χ0v) is 12.3. The number of rotatable bonds is 2. The SMILES string of the molecule is CC1CN(S(=O)(=O)c2ccn(C)n2)c2cccc(F)c2O1. The van der Waals surface area contributed by atoms with Gasteiger partial charge in [0.1, 0.15) is 6.10 Å². The Hall–Kier alpha value is -2.09. The lowest BCUT2D eigenvalue weighted by Gasteiger charge is -2.33. The monoisotopic (exact) mass is 311 g/mol. The number of aryl methyl sites for hydroxylation is 1. The van der Waals surface area contributed by atoms with Gasteiger partial charge in [-0.1, -0.05) is 6.07 Å². The fraction of sp³-hybridized carbons (Fsp3) is 0.308. The van der Waals surface area contributed by atoms with Gasteiger partial charge < -0.3 is 4.74 Å². The molecule has 2 aromatic rings. The molecular formula is C13H14FN3O3S. The first kappa shape index (κ1) is 13.9. The van der Waals surface area contributed by atoms with Crippen LogP contribution in [0.25, 0.3) is 0 Å². The van der Waals surface area contributed by atoms with E-state index in [-0.39, 0.29) is 23.0 Å². The van der Waals surface area contributed by atoms with Crippen molar-refractivity contribution in [1.29, 1.82) is 0 Å². The minimum Gasteiger partial charge on any atom is -0.484 e. The number of halogens is 1. The van der Waals surface area contributed by atoms with Crippen LogP contribution in [0.4, 0.5) is 10.1 Å². The summed E-state index contributed by atoms with van der Waals surface area (Å²) in [5, 5.41) is 3.86. The van der Waals surface area contributed by atoms with Gasteiger partial charge >= 0.3 is 0 Å². The van der Waals surface area contributed by atoms with Crippen LogP contribution in [-0.2, 0) is 17.1 Å². The van der Waals surface area contributed by atoms with Crippen LogP contribution in [0.2, 0.25) is 0 Å². The van der Waals surface area contributed by atoms with Gasteiger partial charge in [0, 0.05) is 13.2 Å². The molecule has 0 amide bonds. The van der Waals surface area contributed by atoms with Gasteiger partial charge in [-0.15, -0.1) is 0 Å². The van der Waals surface area contributed by atoms with Crippen molar-refractivity contribution in [3.05, 3.63) is 36.3 Å². The number of fused-ring (bicyclic) bond motifs is 1. The van der Waals surface area contributed by atoms with Crippen molar-refractivity contribution in [2.75, 3.05) is 10.8 Å². The minimum absolute atomic E-state index is 0.0456. The van der Waals surface area contributed by atoms with Crippen LogP contribution in [0.3, 0.4) is 0 Å². The first-order chi connectivity index (χ1) is 9.89. The molecule has 1 aliphatic heterocycles. The van der Waals surface area contributed by atoms with Crippen molar-refractivity contribution in [2.45, 2.75) is 18.1 Å². The molecule has 8 heteroatoms. The van der Waals surface area contributed by atoms with Crippen LogP contribution >= 0.6 is 0 Å². The Balaban J connectivity index is 2.14. The van der Waals surface area contributed by atoms with E-state index >= 15 is 0 Å². The fourth-order valence-corrected chi connectivity index (χ4v) is 3.75. The molecular weight excluding hydrogens is 297 g/mol. The third-order valence-corrected chi connectivity index (χ3v) is 4.87. The zero-order valence-electron chi connectivity index (χ0n) is 11.5. The maximum absolute atomic E-state index is 13.8. The number of para-hydroxylation sites is 1. The largest absolute Gasteiger partial charge is 0.484 e. The smallest absolute Gasteiger partial charge is 0.283 e. The van der Waals surface area contributed by atoms with Gasteiger partial charge in [0.15, 0.2) is 16.6 Å². The van der Waals surface area contributed by atoms with Crippen molar-refractivity contribution in [3.63, 3.8) is 0 Å². The lowest BCUT2D eigenvalue weighted by molar-refractivity contribution is 0.209. The maximum Gasteiger partial charge on any atom is 0.283 e. The molecule has 112 valence electrons. The van der Waals surface area contributed by atoms with Crippen LogP contribution in [0.5, 0.6) is 5.75 Å². The number of hydrogen-bond donors (Lipinski definition) is 0. The van der Waals surface area contributed by atoms with E-state index < -0.39 is 21.9 Å². The summed E-state index contributed by atoms with van der Waals surface area (Å²) < 4.78 is 47.2. The molecule has 1 aliphatic rings. The van der Waals surface area contributed by atoms with Crippen LogP contribution in [0.15, 0.2) is 35.5 Å². The van der Waals surface area contributed by atoms with Crippen molar-refractivity contribution >= 4 is 15.7 Å². The van der Waals surface area contributed by atoms with Gasteiger partial charge in [0.05, 0.1) is 12.2 Å². The number of nitrogens with zero attached hydrogens (tertiary/aromatic N) is 3. The molecule has 0 spiro atoms. The Morgan fingerprint density at radius 2 is 2.14 bits per heavy atom. The molecule has 1 atom stereocenters. The lowest BCUT2D eigenvalue weighted by atomic mass is 10.2. The van der Waals surface area contributed by atoms with E-state index in [0.29, 0.717) is 0 Å². The second-order valence-electron chi connectivity index (χ2n) is 4.88. The molecule has 0 N–H and O–H groups in total. The molecule has 1 unspecified atom stereocenters. The van der Waals surface area contributed by atoms with Gasteiger partial charge in [-0.2, -0.15) is 13.5 Å². The van der Waals surface area contributed by atoms with Gasteiger partial charge in [0.25, 0.3) is 10.0 Å². The van der Waals surface area contributed by atoms with Crippen LogP contribution < -0.4 is 9.04 Å². The molecule has 0 radical (unpaired) electrons. The Morgan fingerprint density at radius 1 is 1.38 bits per heavy atom. The van der Waals surface area contributed by atoms with Crippen molar-refractivity contribution < 1.29 is 17.5 Å². The topological polar surface area (TPSA) is 64.4 Å². The highest BCUT2D eigenvalue weighted by Gasteiger charge is 2.35. The Bertz CT molecular complexity index is 788. The normalized spacial score (nSPS) is 18.2. The number of anilines is 1. The predicted molar refractivity (Wildman–Crippen MR) is 74.2 cm³/mol. The maximum atomic E-state index is 13.8. The fourth-order valence-electron chi connectivity index (χ4n) is 2.25. The molecule has 3 rings (SSSR count). The van der Waals surface area contributed by atoms with Gasteiger partial charge in [-0.05, 0) is 25.1 Å². The highest BCUT2D eigenvalue weighted by Crippen LogP contribution is 2.38. The molecule has 0 bridgehead atoms. The van der Waals surface area contributed by atoms with E-state index in [2.05, 4.69) is 5.10 Å². The Morgan fingerprint density at radius 3 is 2.81 bits per heavy atom. The molecule has 1 aromatic carbocycles. The van der Waals surface area contributed by atoms with E-state index in [4.69, 9.17) is 4.74 Å². The molecule has 0 saturated heterocycles. The molecule has 0 fully saturated rings. The highest BCUT2D eigenvalue weighted by atomic mass is 32.2. The first-order valence-electron chi connectivity index (χ1n) is 6.37. The average Bonchev–Trinajstić information content (AvgIpc) is 2.86. The molecule has 21 heavy (non-hydrogen) atoms. The Labute approximate surface area is 121 Å². The van der Waals surface area contributed by atoms with Gasteiger partial charge in [0.2, 0.25) is 0 Å². The van der Waals surface area contributed by atoms with Crippen LogP contribution in [0.1, 0.15) is 6.92 Å². The van der Waals surface area contributed by atoms with E-state index in [0.717, 1.165) is 4.31 Å². The number of ether oxygens (including phenoxy) is 1. The number of sulfonamides is 1. The third-order valence-electron chi connectivity index (χ3n) is 3.20. The zero-order chi connectivity index (χ0) is 15.2. The standard InChI is InChI=1S/C13H14FN3O3S/c1-9-8-17(11-5-3-4-10(14)13(11)20-9)21(18,19)12-6-7-16(2)15-12/h3-7,9H,8H2,1-2H3. The number of benzene rings is 1. The Kier molecular flexibility index (Phi) is 3.12. The molecule has 1 aromatic heterocycles. The molecule has 0 aliphatic carbocycles. The van der Waals surface area contributed by atoms with E-state index in [1.807, 2.05) is 0 Å². The van der Waals surface area contributed by atoms with Crippen molar-refractivity contribution in [3.8, 4) is 5.75 Å². The second kappa shape index (κ2) is 4.73. The quantitative estimate of drug-likeness (QED) is 0.844. The first-order valence-corrected chi connectivity index (χ1v) is 7.81. The summed E-state index contributed by atoms with van der Waals surface area (Å²) >= 11 is 0. The summed E-state index contributed by atoms with van der Waals surface area (Å²) in [5.74, 6) is -0.629. The van der Waals surface area contributed by atoms with Crippen LogP contribution in [-0.4, -0.2) is 30.8 Å². The molecule has 0 saturated carbocycles. The third kappa shape index (κ3) is 2.25. The second-order valence-corrected chi connectivity index (χ2v) is 6.69. The van der Waals surface area contributed by atoms with E-state index in [1.165, 1.54) is 28.9 Å². The molecule has 2 heterocycles. The predicted octanol–water partition coefficient (Wildman–Crippen LogP) is 1.54. The van der Waals surface area contributed by atoms with E-state index in [9.17, 15) is 12.8 Å². The summed E-state index contributed by atoms with van der Waals surface area (Å²) in [6, 6.07) is 5.62. The highest BCUT2D eigenvalue weighted by molar-refractivity contribution is 7.92. The van der Waals surface area contributed by atoms with Crippen LogP contribution in [0, 0.1) is 5.82 Å². The number of hydrogen-bond acceptors (Lipinski definition) is 4. The summed E-state index contributed by atoms with van der Waals surface area (Å²) in [5.41, 5.74) is 0.193. The minimum atomic E-state index is -3.85. The van der Waals surface area contributed by atoms with Gasteiger partial charge in [-0.3, -0.25) is 8.99 Å². The van der Waals surface area contributed by atoms with Crippen molar-refractivity contribution in [2.24, 2.45) is 7.05 Å². The molecule has 6 nitrogen and oxygen atoms in total. The van der Waals surface area contributed by atoms with Gasteiger partial charge in [-0.25, -0.2) is 4.39 Å². The lowest BCUT2D eigenvalue weighted by Crippen LogP contribution is -2.42. The van der Waals surface area contributed by atoms with Crippen molar-refractivity contribution in [1.82, 2.24) is 9.78 Å². The summed E-state index contributed by atoms with van der Waals surface area (Å²) in [6.45, 7) is 1.80. The summed E-state index contributed by atoms with van der Waals surface area (Å²) in [4.78, 5) is 0.